The zero-order chi connectivity index (χ0) is 22.8. The highest BCUT2D eigenvalue weighted by molar-refractivity contribution is 6.30. The molecule has 0 spiro atoms. The first-order chi connectivity index (χ1) is 15.4. The van der Waals surface area contributed by atoms with Gasteiger partial charge in [-0.2, -0.15) is 0 Å². The minimum atomic E-state index is -0.235. The lowest BCUT2D eigenvalue weighted by Gasteiger charge is -2.14. The Bertz CT molecular complexity index is 1360. The molecule has 0 saturated carbocycles. The molecule has 6 heteroatoms. The summed E-state index contributed by atoms with van der Waals surface area (Å²) in [5, 5.41) is 1.07. The first kappa shape index (κ1) is 21.8. The van der Waals surface area contributed by atoms with Gasteiger partial charge in [0.1, 0.15) is 12.2 Å². The molecule has 0 aliphatic rings. The van der Waals surface area contributed by atoms with Crippen molar-refractivity contribution in [2.75, 3.05) is 14.2 Å². The molecule has 32 heavy (non-hydrogen) atoms. The maximum Gasteiger partial charge on any atom is 0.235 e. The third kappa shape index (κ3) is 4.16. The molecule has 1 heterocycles. The lowest BCUT2D eigenvalue weighted by atomic mass is 10.0. The van der Waals surface area contributed by atoms with E-state index in [0.29, 0.717) is 38.8 Å². The summed E-state index contributed by atoms with van der Waals surface area (Å²) in [6, 6.07) is 16.3. The van der Waals surface area contributed by atoms with Crippen LogP contribution in [-0.4, -0.2) is 14.2 Å². The maximum absolute atomic E-state index is 13.5. The SMILES string of the molecule is COc1ccc(-c2oc3cc(C)c(C)cc3c(=O)c2OCc2cccc(Cl)c2)cc1OC. The average Bonchev–Trinajstić information content (AvgIpc) is 2.79. The Kier molecular flexibility index (Phi) is 6.10. The Balaban J connectivity index is 1.90. The van der Waals surface area contributed by atoms with Gasteiger partial charge in [0.2, 0.25) is 11.2 Å². The van der Waals surface area contributed by atoms with Crippen LogP contribution < -0.4 is 19.6 Å². The topological polar surface area (TPSA) is 57.9 Å². The van der Waals surface area contributed by atoms with Crippen LogP contribution in [0.15, 0.2) is 63.8 Å². The second-order valence-corrected chi connectivity index (χ2v) is 7.95. The van der Waals surface area contributed by atoms with Crippen LogP contribution in [0.1, 0.15) is 16.7 Å². The molecule has 0 atom stereocenters. The van der Waals surface area contributed by atoms with E-state index in [9.17, 15) is 4.79 Å². The van der Waals surface area contributed by atoms with Gasteiger partial charge in [-0.1, -0.05) is 23.7 Å². The molecule has 0 fully saturated rings. The van der Waals surface area contributed by atoms with Crippen LogP contribution in [-0.2, 0) is 6.61 Å². The zero-order valence-electron chi connectivity index (χ0n) is 18.3. The van der Waals surface area contributed by atoms with Crippen LogP contribution in [0.2, 0.25) is 5.02 Å². The molecule has 0 saturated heterocycles. The minimum Gasteiger partial charge on any atom is -0.493 e. The number of hydrogen-bond acceptors (Lipinski definition) is 5. The molecule has 0 aliphatic heterocycles. The number of methoxy groups -OCH3 is 2. The summed E-state index contributed by atoms with van der Waals surface area (Å²) in [4.78, 5) is 13.5. The predicted molar refractivity (Wildman–Crippen MR) is 126 cm³/mol. The van der Waals surface area contributed by atoms with Gasteiger partial charge in [-0.15, -0.1) is 0 Å². The molecular weight excluding hydrogens is 428 g/mol. The molecular formula is C26H23ClO5. The molecule has 3 aromatic carbocycles. The van der Waals surface area contributed by atoms with E-state index in [1.165, 1.54) is 0 Å². The van der Waals surface area contributed by atoms with Crippen molar-refractivity contribution in [1.82, 2.24) is 0 Å². The second kappa shape index (κ2) is 8.97. The number of rotatable bonds is 6. The minimum absolute atomic E-state index is 0.132. The highest BCUT2D eigenvalue weighted by Gasteiger charge is 2.20. The first-order valence-corrected chi connectivity index (χ1v) is 10.5. The van der Waals surface area contributed by atoms with Gasteiger partial charge in [0.25, 0.3) is 0 Å². The molecule has 1 aromatic heterocycles. The van der Waals surface area contributed by atoms with Gasteiger partial charge in [-0.3, -0.25) is 4.79 Å². The summed E-state index contributed by atoms with van der Waals surface area (Å²) in [6.45, 7) is 4.11. The van der Waals surface area contributed by atoms with Gasteiger partial charge >= 0.3 is 0 Å². The third-order valence-electron chi connectivity index (χ3n) is 5.38. The molecule has 0 radical (unpaired) electrons. The molecule has 0 aliphatic carbocycles. The van der Waals surface area contributed by atoms with E-state index in [1.807, 2.05) is 38.1 Å². The molecule has 4 rings (SSSR count). The van der Waals surface area contributed by atoms with Crippen LogP contribution in [0, 0.1) is 13.8 Å². The van der Waals surface area contributed by atoms with Crippen molar-refractivity contribution in [3.05, 3.63) is 86.5 Å². The van der Waals surface area contributed by atoms with Gasteiger partial charge in [-0.25, -0.2) is 0 Å². The Morgan fingerprint density at radius 1 is 0.906 bits per heavy atom. The van der Waals surface area contributed by atoms with E-state index in [2.05, 4.69) is 0 Å². The molecule has 0 unspecified atom stereocenters. The van der Waals surface area contributed by atoms with Gasteiger partial charge in [-0.05, 0) is 73.0 Å². The van der Waals surface area contributed by atoms with Crippen molar-refractivity contribution >= 4 is 22.6 Å². The fraction of sp³-hybridized carbons (Fsp3) is 0.192. The van der Waals surface area contributed by atoms with Crippen molar-refractivity contribution in [3.63, 3.8) is 0 Å². The monoisotopic (exact) mass is 450 g/mol. The summed E-state index contributed by atoms with van der Waals surface area (Å²) < 4.78 is 23.0. The van der Waals surface area contributed by atoms with E-state index in [-0.39, 0.29) is 17.8 Å². The molecule has 164 valence electrons. The zero-order valence-corrected chi connectivity index (χ0v) is 19.1. The molecule has 4 aromatic rings. The van der Waals surface area contributed by atoms with E-state index in [1.54, 1.807) is 44.6 Å². The van der Waals surface area contributed by atoms with Crippen LogP contribution in [0.4, 0.5) is 0 Å². The maximum atomic E-state index is 13.5. The Morgan fingerprint density at radius 2 is 1.66 bits per heavy atom. The van der Waals surface area contributed by atoms with Crippen LogP contribution in [0.5, 0.6) is 17.2 Å². The number of hydrogen-bond donors (Lipinski definition) is 0. The van der Waals surface area contributed by atoms with Crippen molar-refractivity contribution in [1.29, 1.82) is 0 Å². The van der Waals surface area contributed by atoms with Crippen LogP contribution in [0.25, 0.3) is 22.3 Å². The van der Waals surface area contributed by atoms with Crippen molar-refractivity contribution in [3.8, 4) is 28.6 Å². The summed E-state index contributed by atoms with van der Waals surface area (Å²) in [5.74, 6) is 1.56. The predicted octanol–water partition coefficient (Wildman–Crippen LogP) is 6.33. The Hall–Kier alpha value is -3.44. The normalized spacial score (nSPS) is 10.9. The summed E-state index contributed by atoms with van der Waals surface area (Å²) >= 11 is 6.10. The van der Waals surface area contributed by atoms with Crippen LogP contribution in [0.3, 0.4) is 0 Å². The third-order valence-corrected chi connectivity index (χ3v) is 5.62. The molecule has 0 bridgehead atoms. The van der Waals surface area contributed by atoms with Crippen molar-refractivity contribution in [2.24, 2.45) is 0 Å². The van der Waals surface area contributed by atoms with E-state index in [4.69, 9.17) is 30.2 Å². The number of halogens is 1. The largest absolute Gasteiger partial charge is 0.493 e. The number of aryl methyl sites for hydroxylation is 2. The second-order valence-electron chi connectivity index (χ2n) is 7.51. The standard InChI is InChI=1S/C26H23ClO5/c1-15-10-20-22(11-16(15)2)32-25(18-8-9-21(29-3)23(13-18)30-4)26(24(20)28)31-14-17-6-5-7-19(27)12-17/h5-13H,14H2,1-4H3. The first-order valence-electron chi connectivity index (χ1n) is 10.1. The van der Waals surface area contributed by atoms with Gasteiger partial charge < -0.3 is 18.6 Å². The molecule has 0 amide bonds. The Morgan fingerprint density at radius 3 is 2.38 bits per heavy atom. The molecule has 5 nitrogen and oxygen atoms in total. The van der Waals surface area contributed by atoms with E-state index >= 15 is 0 Å². The quantitative estimate of drug-likeness (QED) is 0.343. The fourth-order valence-corrected chi connectivity index (χ4v) is 3.73. The average molecular weight is 451 g/mol. The van der Waals surface area contributed by atoms with Gasteiger partial charge in [0, 0.05) is 10.6 Å². The lowest BCUT2D eigenvalue weighted by molar-refractivity contribution is 0.298. The van der Waals surface area contributed by atoms with Gasteiger partial charge in [0.05, 0.1) is 19.6 Å². The van der Waals surface area contributed by atoms with Crippen molar-refractivity contribution < 1.29 is 18.6 Å². The molecule has 0 N–H and O–H groups in total. The van der Waals surface area contributed by atoms with E-state index < -0.39 is 0 Å². The van der Waals surface area contributed by atoms with Crippen molar-refractivity contribution in [2.45, 2.75) is 20.5 Å². The summed E-state index contributed by atoms with van der Waals surface area (Å²) in [6.07, 6.45) is 0. The van der Waals surface area contributed by atoms with E-state index in [0.717, 1.165) is 16.7 Å². The number of benzene rings is 3. The van der Waals surface area contributed by atoms with Gasteiger partial charge in [0.15, 0.2) is 17.3 Å². The highest BCUT2D eigenvalue weighted by atomic mass is 35.5. The number of ether oxygens (including phenoxy) is 3. The lowest BCUT2D eigenvalue weighted by Crippen LogP contribution is -2.11. The summed E-state index contributed by atoms with van der Waals surface area (Å²) in [7, 11) is 3.12. The van der Waals surface area contributed by atoms with Crippen LogP contribution >= 0.6 is 11.6 Å². The highest BCUT2D eigenvalue weighted by Crippen LogP contribution is 2.37. The number of fused-ring (bicyclic) bond motifs is 1. The smallest absolute Gasteiger partial charge is 0.235 e. The Labute approximate surface area is 191 Å². The fourth-order valence-electron chi connectivity index (χ4n) is 3.51. The summed E-state index contributed by atoms with van der Waals surface area (Å²) in [5.41, 5.74) is 3.78.